The van der Waals surface area contributed by atoms with Crippen LogP contribution in [0.5, 0.6) is 0 Å². The SMILES string of the molecule is CC(C)NCCCCC(C)(C)C#N. The van der Waals surface area contributed by atoms with E-state index in [0.717, 1.165) is 19.4 Å². The minimum atomic E-state index is -0.141. The molecular formula is C11H22N2. The molecule has 0 fully saturated rings. The second-order valence-corrected chi connectivity index (χ2v) is 4.56. The quantitative estimate of drug-likeness (QED) is 0.641. The third-order valence-corrected chi connectivity index (χ3v) is 2.08. The van der Waals surface area contributed by atoms with Crippen molar-refractivity contribution >= 4 is 0 Å². The van der Waals surface area contributed by atoms with Gasteiger partial charge in [0.25, 0.3) is 0 Å². The lowest BCUT2D eigenvalue weighted by atomic mass is 9.89. The van der Waals surface area contributed by atoms with Gasteiger partial charge in [-0.2, -0.15) is 5.26 Å². The van der Waals surface area contributed by atoms with Crippen molar-refractivity contribution in [1.82, 2.24) is 5.32 Å². The molecule has 13 heavy (non-hydrogen) atoms. The molecule has 1 N–H and O–H groups in total. The number of hydrogen-bond acceptors (Lipinski definition) is 2. The summed E-state index contributed by atoms with van der Waals surface area (Å²) in [5, 5.41) is 12.1. The number of nitrogens with one attached hydrogen (secondary N) is 1. The summed E-state index contributed by atoms with van der Waals surface area (Å²) in [7, 11) is 0. The van der Waals surface area contributed by atoms with E-state index in [1.54, 1.807) is 0 Å². The Balaban J connectivity index is 3.32. The molecule has 2 heteroatoms. The van der Waals surface area contributed by atoms with Crippen LogP contribution in [0.4, 0.5) is 0 Å². The lowest BCUT2D eigenvalue weighted by Gasteiger charge is -2.14. The minimum Gasteiger partial charge on any atom is -0.315 e. The molecule has 0 bridgehead atoms. The number of rotatable bonds is 6. The van der Waals surface area contributed by atoms with Crippen molar-refractivity contribution in [2.24, 2.45) is 5.41 Å². The van der Waals surface area contributed by atoms with Crippen LogP contribution in [0.1, 0.15) is 47.0 Å². The van der Waals surface area contributed by atoms with E-state index >= 15 is 0 Å². The lowest BCUT2D eigenvalue weighted by molar-refractivity contribution is 0.419. The molecule has 0 heterocycles. The molecule has 0 saturated heterocycles. The van der Waals surface area contributed by atoms with Crippen molar-refractivity contribution in [2.45, 2.75) is 53.0 Å². The van der Waals surface area contributed by atoms with Gasteiger partial charge in [0, 0.05) is 6.04 Å². The van der Waals surface area contributed by atoms with Gasteiger partial charge in [-0.3, -0.25) is 0 Å². The van der Waals surface area contributed by atoms with Crippen LogP contribution < -0.4 is 5.32 Å². The van der Waals surface area contributed by atoms with E-state index < -0.39 is 0 Å². The molecular weight excluding hydrogens is 160 g/mol. The third-order valence-electron chi connectivity index (χ3n) is 2.08. The van der Waals surface area contributed by atoms with E-state index in [1.807, 2.05) is 13.8 Å². The lowest BCUT2D eigenvalue weighted by Crippen LogP contribution is -2.23. The summed E-state index contributed by atoms with van der Waals surface area (Å²) in [6.45, 7) is 9.38. The molecule has 0 atom stereocenters. The minimum absolute atomic E-state index is 0.141. The van der Waals surface area contributed by atoms with Crippen LogP contribution in [-0.4, -0.2) is 12.6 Å². The number of nitriles is 1. The molecule has 76 valence electrons. The Morgan fingerprint density at radius 2 is 1.92 bits per heavy atom. The predicted octanol–water partition coefficient (Wildman–Crippen LogP) is 2.70. The van der Waals surface area contributed by atoms with Gasteiger partial charge in [-0.25, -0.2) is 0 Å². The van der Waals surface area contributed by atoms with E-state index in [4.69, 9.17) is 5.26 Å². The van der Waals surface area contributed by atoms with Gasteiger partial charge in [0.05, 0.1) is 11.5 Å². The van der Waals surface area contributed by atoms with Gasteiger partial charge in [0.1, 0.15) is 0 Å². The van der Waals surface area contributed by atoms with Crippen molar-refractivity contribution in [1.29, 1.82) is 5.26 Å². The van der Waals surface area contributed by atoms with E-state index in [-0.39, 0.29) is 5.41 Å². The zero-order chi connectivity index (χ0) is 10.3. The van der Waals surface area contributed by atoms with E-state index in [9.17, 15) is 0 Å². The molecule has 0 aliphatic carbocycles. The fourth-order valence-corrected chi connectivity index (χ4v) is 1.14. The Morgan fingerprint density at radius 1 is 1.31 bits per heavy atom. The standard InChI is InChI=1S/C11H22N2/c1-10(2)13-8-6-5-7-11(3,4)9-12/h10,13H,5-8H2,1-4H3. The monoisotopic (exact) mass is 182 g/mol. The molecule has 0 aromatic rings. The molecule has 0 aliphatic rings. The first-order valence-corrected chi connectivity index (χ1v) is 5.12. The molecule has 0 spiro atoms. The van der Waals surface area contributed by atoms with Crippen molar-refractivity contribution in [3.63, 3.8) is 0 Å². The van der Waals surface area contributed by atoms with Crippen LogP contribution >= 0.6 is 0 Å². The summed E-state index contributed by atoms with van der Waals surface area (Å²) in [4.78, 5) is 0. The van der Waals surface area contributed by atoms with Crippen LogP contribution in [0.25, 0.3) is 0 Å². The van der Waals surface area contributed by atoms with Gasteiger partial charge in [0.2, 0.25) is 0 Å². The molecule has 2 nitrogen and oxygen atoms in total. The maximum atomic E-state index is 8.77. The first kappa shape index (κ1) is 12.4. The topological polar surface area (TPSA) is 35.8 Å². The molecule has 0 aromatic carbocycles. The summed E-state index contributed by atoms with van der Waals surface area (Å²) in [5.41, 5.74) is -0.141. The fourth-order valence-electron chi connectivity index (χ4n) is 1.14. The summed E-state index contributed by atoms with van der Waals surface area (Å²) < 4.78 is 0. The molecule has 0 amide bonds. The number of nitrogens with zero attached hydrogens (tertiary/aromatic N) is 1. The molecule has 0 rings (SSSR count). The van der Waals surface area contributed by atoms with E-state index in [1.165, 1.54) is 6.42 Å². The van der Waals surface area contributed by atoms with Gasteiger partial charge in [-0.05, 0) is 33.2 Å². The average molecular weight is 182 g/mol. The average Bonchev–Trinajstić information content (AvgIpc) is 2.03. The maximum absolute atomic E-state index is 8.77. The second kappa shape index (κ2) is 5.99. The smallest absolute Gasteiger partial charge is 0.0683 e. The van der Waals surface area contributed by atoms with Gasteiger partial charge in [-0.15, -0.1) is 0 Å². The Labute approximate surface area is 82.3 Å². The Morgan fingerprint density at radius 3 is 2.38 bits per heavy atom. The first-order valence-electron chi connectivity index (χ1n) is 5.12. The van der Waals surface area contributed by atoms with Crippen molar-refractivity contribution < 1.29 is 0 Å². The van der Waals surface area contributed by atoms with Crippen LogP contribution in [0.3, 0.4) is 0 Å². The highest BCUT2D eigenvalue weighted by Gasteiger charge is 2.15. The Hall–Kier alpha value is -0.550. The molecule has 0 aromatic heterocycles. The third kappa shape index (κ3) is 7.80. The normalized spacial score (nSPS) is 11.7. The Kier molecular flexibility index (Phi) is 5.73. The van der Waals surface area contributed by atoms with Gasteiger partial charge in [0.15, 0.2) is 0 Å². The van der Waals surface area contributed by atoms with Crippen LogP contribution in [0, 0.1) is 16.7 Å². The largest absolute Gasteiger partial charge is 0.315 e. The van der Waals surface area contributed by atoms with Crippen molar-refractivity contribution in [3.8, 4) is 6.07 Å². The van der Waals surface area contributed by atoms with E-state index in [0.29, 0.717) is 6.04 Å². The molecule has 0 radical (unpaired) electrons. The summed E-state index contributed by atoms with van der Waals surface area (Å²) >= 11 is 0. The highest BCUT2D eigenvalue weighted by Crippen LogP contribution is 2.21. The highest BCUT2D eigenvalue weighted by molar-refractivity contribution is 4.91. The van der Waals surface area contributed by atoms with E-state index in [2.05, 4.69) is 25.2 Å². The van der Waals surface area contributed by atoms with Gasteiger partial charge >= 0.3 is 0 Å². The molecule has 0 unspecified atom stereocenters. The number of hydrogen-bond donors (Lipinski definition) is 1. The Bertz CT molecular complexity index is 165. The zero-order valence-electron chi connectivity index (χ0n) is 9.35. The van der Waals surface area contributed by atoms with Gasteiger partial charge < -0.3 is 5.32 Å². The van der Waals surface area contributed by atoms with Crippen LogP contribution in [0.2, 0.25) is 0 Å². The van der Waals surface area contributed by atoms with Gasteiger partial charge in [-0.1, -0.05) is 20.3 Å². The number of unbranched alkanes of at least 4 members (excludes halogenated alkanes) is 1. The van der Waals surface area contributed by atoms with Crippen molar-refractivity contribution in [2.75, 3.05) is 6.54 Å². The van der Waals surface area contributed by atoms with Crippen molar-refractivity contribution in [3.05, 3.63) is 0 Å². The zero-order valence-corrected chi connectivity index (χ0v) is 9.35. The predicted molar refractivity (Wildman–Crippen MR) is 56.4 cm³/mol. The summed E-state index contributed by atoms with van der Waals surface area (Å²) in [6, 6.07) is 2.89. The summed E-state index contributed by atoms with van der Waals surface area (Å²) in [5.74, 6) is 0. The molecule has 0 aliphatic heterocycles. The summed E-state index contributed by atoms with van der Waals surface area (Å²) in [6.07, 6.45) is 3.31. The van der Waals surface area contributed by atoms with Crippen LogP contribution in [0.15, 0.2) is 0 Å². The fraction of sp³-hybridized carbons (Fsp3) is 0.909. The first-order chi connectivity index (χ1) is 5.98. The highest BCUT2D eigenvalue weighted by atomic mass is 14.9. The molecule has 0 saturated carbocycles. The van der Waals surface area contributed by atoms with Crippen LogP contribution in [-0.2, 0) is 0 Å². The second-order valence-electron chi connectivity index (χ2n) is 4.56. The maximum Gasteiger partial charge on any atom is 0.0683 e.